The van der Waals surface area contributed by atoms with Crippen LogP contribution in [0.15, 0.2) is 11.8 Å². The van der Waals surface area contributed by atoms with Gasteiger partial charge >= 0.3 is 0 Å². The molecule has 1 heterocycles. The van der Waals surface area contributed by atoms with Gasteiger partial charge in [0.25, 0.3) is 0 Å². The van der Waals surface area contributed by atoms with E-state index in [1.807, 2.05) is 20.0 Å². The van der Waals surface area contributed by atoms with Gasteiger partial charge in [-0.1, -0.05) is 0 Å². The van der Waals surface area contributed by atoms with E-state index < -0.39 is 0 Å². The van der Waals surface area contributed by atoms with Crippen molar-refractivity contribution in [3.63, 3.8) is 0 Å². The van der Waals surface area contributed by atoms with Gasteiger partial charge in [-0.25, -0.2) is 0 Å². The molecule has 0 bridgehead atoms. The van der Waals surface area contributed by atoms with Gasteiger partial charge in [-0.15, -0.1) is 0 Å². The quantitative estimate of drug-likeness (QED) is 0.508. The van der Waals surface area contributed by atoms with E-state index in [4.69, 9.17) is 10.1 Å². The Morgan fingerprint density at radius 3 is 2.93 bits per heavy atom. The Morgan fingerprint density at radius 1 is 1.64 bits per heavy atom. The van der Waals surface area contributed by atoms with Crippen molar-refractivity contribution in [3.8, 4) is 0 Å². The highest BCUT2D eigenvalue weighted by atomic mass is 16.5. The monoisotopic (exact) mass is 197 g/mol. The summed E-state index contributed by atoms with van der Waals surface area (Å²) in [7, 11) is 1.86. The fraction of sp³-hybridized carbons (Fsp3) is 0.700. The van der Waals surface area contributed by atoms with Crippen LogP contribution in [0.25, 0.3) is 0 Å². The van der Waals surface area contributed by atoms with Gasteiger partial charge in [-0.3, -0.25) is 5.41 Å². The average molecular weight is 197 g/mol. The van der Waals surface area contributed by atoms with Crippen LogP contribution in [0.3, 0.4) is 0 Å². The topological polar surface area (TPSA) is 48.4 Å². The smallest absolute Gasteiger partial charge is 0.122 e. The fourth-order valence-electron chi connectivity index (χ4n) is 1.45. The number of amidine groups is 1. The van der Waals surface area contributed by atoms with Crippen LogP contribution in [0, 0.1) is 5.41 Å². The lowest BCUT2D eigenvalue weighted by Gasteiger charge is -2.34. The first kappa shape index (κ1) is 11.0. The van der Waals surface area contributed by atoms with Crippen LogP contribution in [0.4, 0.5) is 0 Å². The summed E-state index contributed by atoms with van der Waals surface area (Å²) in [5.74, 6) is 0.563. The summed E-state index contributed by atoms with van der Waals surface area (Å²) < 4.78 is 5.32. The standard InChI is InChI=1S/C10H19N3O/c1-8(12-3)6-10(11)13-4-5-14-7-9(13)2/h6,9,11-12H,4-5,7H2,1-3H3/b8-6-,11-10?/t9-/m1/s1. The van der Waals surface area contributed by atoms with Crippen LogP contribution < -0.4 is 5.32 Å². The maximum atomic E-state index is 7.90. The van der Waals surface area contributed by atoms with Crippen LogP contribution >= 0.6 is 0 Å². The first-order valence-electron chi connectivity index (χ1n) is 4.94. The van der Waals surface area contributed by atoms with E-state index in [1.165, 1.54) is 0 Å². The lowest BCUT2D eigenvalue weighted by molar-refractivity contribution is 0.0333. The molecule has 0 aliphatic carbocycles. The summed E-state index contributed by atoms with van der Waals surface area (Å²) in [6.07, 6.45) is 1.85. The van der Waals surface area contributed by atoms with Crippen LogP contribution in [0.1, 0.15) is 13.8 Å². The molecule has 1 aliphatic rings. The maximum Gasteiger partial charge on any atom is 0.122 e. The molecule has 4 heteroatoms. The second kappa shape index (κ2) is 5.00. The van der Waals surface area contributed by atoms with Gasteiger partial charge in [0.15, 0.2) is 0 Å². The Bertz CT molecular complexity index is 238. The number of morpholine rings is 1. The highest BCUT2D eigenvalue weighted by Crippen LogP contribution is 2.07. The number of hydrogen-bond acceptors (Lipinski definition) is 3. The van der Waals surface area contributed by atoms with Crippen molar-refractivity contribution < 1.29 is 4.74 Å². The fourth-order valence-corrected chi connectivity index (χ4v) is 1.45. The van der Waals surface area contributed by atoms with Crippen molar-refractivity contribution in [2.45, 2.75) is 19.9 Å². The van der Waals surface area contributed by atoms with Crippen molar-refractivity contribution >= 4 is 5.84 Å². The van der Waals surface area contributed by atoms with E-state index in [1.54, 1.807) is 0 Å². The summed E-state index contributed by atoms with van der Waals surface area (Å²) in [6, 6.07) is 0.303. The third-order valence-electron chi connectivity index (χ3n) is 2.42. The van der Waals surface area contributed by atoms with Crippen LogP contribution in [0.2, 0.25) is 0 Å². The third-order valence-corrected chi connectivity index (χ3v) is 2.42. The Labute approximate surface area is 85.4 Å². The van der Waals surface area contributed by atoms with Gasteiger partial charge in [-0.2, -0.15) is 0 Å². The zero-order valence-corrected chi connectivity index (χ0v) is 9.13. The van der Waals surface area contributed by atoms with Crippen molar-refractivity contribution in [1.82, 2.24) is 10.2 Å². The van der Waals surface area contributed by atoms with E-state index in [2.05, 4.69) is 17.1 Å². The van der Waals surface area contributed by atoms with E-state index in [0.717, 1.165) is 25.5 Å². The van der Waals surface area contributed by atoms with E-state index >= 15 is 0 Å². The summed E-state index contributed by atoms with van der Waals surface area (Å²) >= 11 is 0. The molecule has 0 amide bonds. The van der Waals surface area contributed by atoms with Gasteiger partial charge in [0.05, 0.1) is 19.3 Å². The molecule has 1 atom stereocenters. The number of allylic oxidation sites excluding steroid dienone is 1. The van der Waals surface area contributed by atoms with Crippen molar-refractivity contribution in [2.75, 3.05) is 26.8 Å². The minimum atomic E-state index is 0.303. The molecule has 0 radical (unpaired) electrons. The number of hydrogen-bond donors (Lipinski definition) is 2. The molecule has 1 fully saturated rings. The van der Waals surface area contributed by atoms with Gasteiger partial charge in [0, 0.05) is 19.3 Å². The molecule has 1 aliphatic heterocycles. The number of ether oxygens (including phenoxy) is 1. The molecular weight excluding hydrogens is 178 g/mol. The minimum absolute atomic E-state index is 0.303. The van der Waals surface area contributed by atoms with Crippen LogP contribution in [-0.4, -0.2) is 43.6 Å². The molecule has 80 valence electrons. The second-order valence-corrected chi connectivity index (χ2v) is 3.58. The summed E-state index contributed by atoms with van der Waals surface area (Å²) in [6.45, 7) is 6.29. The molecule has 0 aromatic carbocycles. The largest absolute Gasteiger partial charge is 0.392 e. The number of nitrogens with zero attached hydrogens (tertiary/aromatic N) is 1. The normalized spacial score (nSPS) is 23.5. The minimum Gasteiger partial charge on any atom is -0.392 e. The van der Waals surface area contributed by atoms with Crippen molar-refractivity contribution in [3.05, 3.63) is 11.8 Å². The molecule has 1 saturated heterocycles. The van der Waals surface area contributed by atoms with Gasteiger partial charge in [-0.05, 0) is 19.9 Å². The second-order valence-electron chi connectivity index (χ2n) is 3.58. The van der Waals surface area contributed by atoms with E-state index in [-0.39, 0.29) is 0 Å². The zero-order valence-electron chi connectivity index (χ0n) is 9.13. The molecule has 0 aromatic heterocycles. The Balaban J connectivity index is 2.58. The molecule has 0 spiro atoms. The Hall–Kier alpha value is -1.03. The zero-order chi connectivity index (χ0) is 10.6. The molecule has 0 aromatic rings. The molecule has 1 rings (SSSR count). The number of rotatable bonds is 2. The van der Waals surface area contributed by atoms with Gasteiger partial charge in [0.2, 0.25) is 0 Å². The Kier molecular flexibility index (Phi) is 3.95. The first-order chi connectivity index (χ1) is 6.65. The summed E-state index contributed by atoms with van der Waals surface area (Å²) in [4.78, 5) is 2.06. The van der Waals surface area contributed by atoms with Crippen molar-refractivity contribution in [2.24, 2.45) is 0 Å². The summed E-state index contributed by atoms with van der Waals surface area (Å²) in [5, 5.41) is 10.9. The molecule has 2 N–H and O–H groups in total. The lowest BCUT2D eigenvalue weighted by atomic mass is 10.2. The van der Waals surface area contributed by atoms with E-state index in [0.29, 0.717) is 11.9 Å². The molecular formula is C10H19N3O. The summed E-state index contributed by atoms with van der Waals surface area (Å²) in [5.41, 5.74) is 1.01. The van der Waals surface area contributed by atoms with Gasteiger partial charge in [0.1, 0.15) is 5.84 Å². The van der Waals surface area contributed by atoms with Crippen LogP contribution in [0.5, 0.6) is 0 Å². The number of nitrogens with one attached hydrogen (secondary N) is 2. The molecule has 4 nitrogen and oxygen atoms in total. The highest BCUT2D eigenvalue weighted by Gasteiger charge is 2.19. The SMILES string of the molecule is CN/C(C)=C\C(=N)N1CCOC[C@H]1C. The predicted molar refractivity (Wildman–Crippen MR) is 57.5 cm³/mol. The Morgan fingerprint density at radius 2 is 2.36 bits per heavy atom. The maximum absolute atomic E-state index is 7.90. The lowest BCUT2D eigenvalue weighted by Crippen LogP contribution is -2.46. The first-order valence-corrected chi connectivity index (χ1v) is 4.94. The molecule has 14 heavy (non-hydrogen) atoms. The third kappa shape index (κ3) is 2.73. The van der Waals surface area contributed by atoms with Crippen molar-refractivity contribution in [1.29, 1.82) is 5.41 Å². The highest BCUT2D eigenvalue weighted by molar-refractivity contribution is 5.91. The molecule has 0 unspecified atom stereocenters. The molecule has 0 saturated carbocycles. The predicted octanol–water partition coefficient (Wildman–Crippen LogP) is 0.808. The van der Waals surface area contributed by atoms with Gasteiger partial charge < -0.3 is 15.0 Å². The average Bonchev–Trinajstić information content (AvgIpc) is 2.18. The van der Waals surface area contributed by atoms with Crippen LogP contribution in [-0.2, 0) is 4.74 Å². The van der Waals surface area contributed by atoms with E-state index in [9.17, 15) is 0 Å².